The van der Waals surface area contributed by atoms with Crippen molar-refractivity contribution < 1.29 is 9.53 Å². The van der Waals surface area contributed by atoms with E-state index in [0.717, 1.165) is 11.4 Å². The minimum atomic E-state index is -0.0917. The molecule has 0 aliphatic rings. The number of hydrogen-bond donors (Lipinski definition) is 2. The van der Waals surface area contributed by atoms with Gasteiger partial charge in [-0.1, -0.05) is 6.07 Å². The van der Waals surface area contributed by atoms with Gasteiger partial charge >= 0.3 is 0 Å². The number of methoxy groups -OCH3 is 1. The molecule has 1 amide bonds. The van der Waals surface area contributed by atoms with Crippen LogP contribution >= 0.6 is 0 Å². The maximum absolute atomic E-state index is 11.4. The first-order valence-corrected chi connectivity index (χ1v) is 6.29. The number of carbonyl (C=O) groups is 1. The number of aromatic nitrogens is 1. The van der Waals surface area contributed by atoms with Crippen LogP contribution in [0.2, 0.25) is 0 Å². The van der Waals surface area contributed by atoms with E-state index in [1.54, 1.807) is 26.3 Å². The molecule has 0 atom stereocenters. The largest absolute Gasteiger partial charge is 0.481 e. The van der Waals surface area contributed by atoms with Gasteiger partial charge in [0.15, 0.2) is 0 Å². The molecule has 2 N–H and O–H groups in total. The van der Waals surface area contributed by atoms with Crippen LogP contribution in [0.15, 0.2) is 42.5 Å². The highest BCUT2D eigenvalue weighted by Crippen LogP contribution is 2.12. The summed E-state index contributed by atoms with van der Waals surface area (Å²) in [5.74, 6) is 0.505. The fourth-order valence-electron chi connectivity index (χ4n) is 1.75. The summed E-state index contributed by atoms with van der Waals surface area (Å²) < 4.78 is 5.08. The second kappa shape index (κ2) is 6.56. The van der Waals surface area contributed by atoms with Gasteiger partial charge in [-0.2, -0.15) is 0 Å². The summed E-state index contributed by atoms with van der Waals surface area (Å²) in [5, 5.41) is 5.83. The van der Waals surface area contributed by atoms with Crippen LogP contribution in [0.3, 0.4) is 0 Å². The minimum absolute atomic E-state index is 0.0917. The molecule has 20 heavy (non-hydrogen) atoms. The van der Waals surface area contributed by atoms with E-state index < -0.39 is 0 Å². The van der Waals surface area contributed by atoms with Crippen molar-refractivity contribution >= 4 is 11.6 Å². The van der Waals surface area contributed by atoms with Gasteiger partial charge in [0.2, 0.25) is 5.88 Å². The first kappa shape index (κ1) is 13.9. The van der Waals surface area contributed by atoms with Crippen molar-refractivity contribution in [3.8, 4) is 5.88 Å². The van der Waals surface area contributed by atoms with Gasteiger partial charge in [0.1, 0.15) is 0 Å². The summed E-state index contributed by atoms with van der Waals surface area (Å²) in [7, 11) is 3.21. The van der Waals surface area contributed by atoms with Crippen LogP contribution in [-0.2, 0) is 6.54 Å². The highest BCUT2D eigenvalue weighted by atomic mass is 16.5. The van der Waals surface area contributed by atoms with Crippen LogP contribution in [0.25, 0.3) is 0 Å². The van der Waals surface area contributed by atoms with Crippen molar-refractivity contribution in [1.82, 2.24) is 10.3 Å². The van der Waals surface area contributed by atoms with Crippen molar-refractivity contribution in [2.45, 2.75) is 6.54 Å². The van der Waals surface area contributed by atoms with Crippen molar-refractivity contribution in [2.75, 3.05) is 19.5 Å². The molecular weight excluding hydrogens is 254 g/mol. The maximum atomic E-state index is 11.4. The molecule has 2 aromatic rings. The quantitative estimate of drug-likeness (QED) is 0.873. The number of pyridine rings is 1. The number of nitrogens with zero attached hydrogens (tertiary/aromatic N) is 1. The van der Waals surface area contributed by atoms with Crippen LogP contribution < -0.4 is 15.4 Å². The zero-order valence-electron chi connectivity index (χ0n) is 11.5. The number of anilines is 1. The monoisotopic (exact) mass is 271 g/mol. The number of nitrogens with one attached hydrogen (secondary N) is 2. The first-order chi connectivity index (χ1) is 9.72. The third kappa shape index (κ3) is 3.47. The van der Waals surface area contributed by atoms with Crippen LogP contribution in [0.5, 0.6) is 5.88 Å². The van der Waals surface area contributed by atoms with E-state index in [2.05, 4.69) is 15.6 Å². The van der Waals surface area contributed by atoms with Crippen molar-refractivity contribution in [3.05, 3.63) is 53.7 Å². The Kier molecular flexibility index (Phi) is 4.55. The van der Waals surface area contributed by atoms with E-state index in [9.17, 15) is 4.79 Å². The molecule has 5 heteroatoms. The lowest BCUT2D eigenvalue weighted by molar-refractivity contribution is 0.0963. The summed E-state index contributed by atoms with van der Waals surface area (Å²) in [4.78, 5) is 15.7. The number of ether oxygens (including phenoxy) is 1. The Morgan fingerprint density at radius 1 is 1.20 bits per heavy atom. The molecule has 0 aliphatic carbocycles. The van der Waals surface area contributed by atoms with Gasteiger partial charge in [0.05, 0.1) is 19.3 Å². The molecule has 5 nitrogen and oxygen atoms in total. The van der Waals surface area contributed by atoms with Crippen LogP contribution in [0.4, 0.5) is 5.69 Å². The number of carbonyl (C=O) groups excluding carboxylic acids is 1. The van der Waals surface area contributed by atoms with Gasteiger partial charge in [-0.25, -0.2) is 4.98 Å². The Balaban J connectivity index is 1.98. The lowest BCUT2D eigenvalue weighted by Gasteiger charge is -2.08. The van der Waals surface area contributed by atoms with Crippen molar-refractivity contribution in [1.29, 1.82) is 0 Å². The Hall–Kier alpha value is -2.56. The van der Waals surface area contributed by atoms with Crippen molar-refractivity contribution in [2.24, 2.45) is 0 Å². The average molecular weight is 271 g/mol. The molecule has 0 spiro atoms. The summed E-state index contributed by atoms with van der Waals surface area (Å²) >= 11 is 0. The van der Waals surface area contributed by atoms with E-state index in [-0.39, 0.29) is 5.91 Å². The maximum Gasteiger partial charge on any atom is 0.251 e. The second-order valence-corrected chi connectivity index (χ2v) is 4.18. The predicted molar refractivity (Wildman–Crippen MR) is 77.9 cm³/mol. The Labute approximate surface area is 118 Å². The number of hydrogen-bond acceptors (Lipinski definition) is 4. The normalized spacial score (nSPS) is 9.90. The lowest BCUT2D eigenvalue weighted by atomic mass is 10.2. The molecule has 2 rings (SSSR count). The highest BCUT2D eigenvalue weighted by Gasteiger charge is 2.02. The number of rotatable bonds is 5. The lowest BCUT2D eigenvalue weighted by Crippen LogP contribution is -2.17. The van der Waals surface area contributed by atoms with Gasteiger partial charge in [-0.05, 0) is 30.3 Å². The highest BCUT2D eigenvalue weighted by molar-refractivity contribution is 5.94. The molecule has 0 saturated heterocycles. The van der Waals surface area contributed by atoms with E-state index in [4.69, 9.17) is 4.74 Å². The standard InChI is InChI=1S/C15H17N3O2/c1-16-15(19)11-6-8-12(9-7-11)17-10-13-4-3-5-14(18-13)20-2/h3-9,17H,10H2,1-2H3,(H,16,19). The smallest absolute Gasteiger partial charge is 0.251 e. The van der Waals surface area contributed by atoms with Crippen LogP contribution in [0, 0.1) is 0 Å². The van der Waals surface area contributed by atoms with Gasteiger partial charge in [-0.15, -0.1) is 0 Å². The number of amides is 1. The fourth-order valence-corrected chi connectivity index (χ4v) is 1.75. The Morgan fingerprint density at radius 3 is 2.60 bits per heavy atom. The Bertz CT molecular complexity index is 582. The Morgan fingerprint density at radius 2 is 1.95 bits per heavy atom. The molecule has 1 aromatic heterocycles. The third-order valence-electron chi connectivity index (χ3n) is 2.84. The molecule has 1 aromatic carbocycles. The first-order valence-electron chi connectivity index (χ1n) is 6.29. The van der Waals surface area contributed by atoms with Crippen LogP contribution in [-0.4, -0.2) is 25.0 Å². The van der Waals surface area contributed by atoms with E-state index in [1.165, 1.54) is 0 Å². The van der Waals surface area contributed by atoms with E-state index >= 15 is 0 Å². The fraction of sp³-hybridized carbons (Fsp3) is 0.200. The van der Waals surface area contributed by atoms with Gasteiger partial charge < -0.3 is 15.4 Å². The topological polar surface area (TPSA) is 63.2 Å². The summed E-state index contributed by atoms with van der Waals surface area (Å²) in [6.07, 6.45) is 0. The molecule has 0 saturated carbocycles. The minimum Gasteiger partial charge on any atom is -0.481 e. The SMILES string of the molecule is CNC(=O)c1ccc(NCc2cccc(OC)n2)cc1. The third-order valence-corrected chi connectivity index (χ3v) is 2.84. The zero-order chi connectivity index (χ0) is 14.4. The molecular formula is C15H17N3O2. The molecule has 0 unspecified atom stereocenters. The summed E-state index contributed by atoms with van der Waals surface area (Å²) in [6.45, 7) is 0.594. The van der Waals surface area contributed by atoms with Crippen molar-refractivity contribution in [3.63, 3.8) is 0 Å². The molecule has 104 valence electrons. The molecule has 0 radical (unpaired) electrons. The van der Waals surface area contributed by atoms with E-state index in [0.29, 0.717) is 18.0 Å². The van der Waals surface area contributed by atoms with Gasteiger partial charge in [0.25, 0.3) is 5.91 Å². The van der Waals surface area contributed by atoms with Gasteiger partial charge in [0, 0.05) is 24.4 Å². The van der Waals surface area contributed by atoms with Crippen LogP contribution in [0.1, 0.15) is 16.1 Å². The number of benzene rings is 1. The molecule has 1 heterocycles. The zero-order valence-corrected chi connectivity index (χ0v) is 11.5. The average Bonchev–Trinajstić information content (AvgIpc) is 2.53. The molecule has 0 fully saturated rings. The molecule has 0 aliphatic heterocycles. The van der Waals surface area contributed by atoms with Gasteiger partial charge in [-0.3, -0.25) is 4.79 Å². The second-order valence-electron chi connectivity index (χ2n) is 4.18. The summed E-state index contributed by atoms with van der Waals surface area (Å²) in [6, 6.07) is 12.9. The summed E-state index contributed by atoms with van der Waals surface area (Å²) in [5.41, 5.74) is 2.46. The molecule has 0 bridgehead atoms. The van der Waals surface area contributed by atoms with E-state index in [1.807, 2.05) is 30.3 Å². The predicted octanol–water partition coefficient (Wildman–Crippen LogP) is 2.06.